The molecule has 0 aliphatic rings. The maximum absolute atomic E-state index is 10.0. The number of nitrogens with zero attached hydrogens (tertiary/aromatic N) is 4. The first-order valence-electron chi connectivity index (χ1n) is 7.54. The largest absolute Gasteiger partial charge is 0.389 e. The number of aromatic nitrogens is 4. The molecule has 0 radical (unpaired) electrons. The van der Waals surface area contributed by atoms with Crippen LogP contribution in [0.4, 0.5) is 0 Å². The summed E-state index contributed by atoms with van der Waals surface area (Å²) in [6.07, 6.45) is -0.707. The Morgan fingerprint density at radius 3 is 2.58 bits per heavy atom. The summed E-state index contributed by atoms with van der Waals surface area (Å²) in [7, 11) is 0. The third-order valence-electron chi connectivity index (χ3n) is 3.35. The topological polar surface area (TPSA) is 73.1 Å². The van der Waals surface area contributed by atoms with Crippen LogP contribution in [0.15, 0.2) is 54.6 Å². The Balaban J connectivity index is 1.50. The Morgan fingerprint density at radius 1 is 1.08 bits per heavy atom. The second-order valence-corrected chi connectivity index (χ2v) is 5.77. The van der Waals surface area contributed by atoms with Crippen molar-refractivity contribution in [3.63, 3.8) is 0 Å². The van der Waals surface area contributed by atoms with E-state index in [1.807, 2.05) is 42.5 Å². The zero-order valence-corrected chi connectivity index (χ0v) is 13.7. The van der Waals surface area contributed by atoms with E-state index in [1.54, 1.807) is 12.1 Å². The quantitative estimate of drug-likeness (QED) is 0.713. The van der Waals surface area contributed by atoms with Gasteiger partial charge >= 0.3 is 0 Å². The minimum Gasteiger partial charge on any atom is -0.389 e. The lowest BCUT2D eigenvalue weighted by Crippen LogP contribution is -2.23. The van der Waals surface area contributed by atoms with E-state index in [1.165, 1.54) is 4.80 Å². The van der Waals surface area contributed by atoms with Crippen molar-refractivity contribution < 1.29 is 9.84 Å². The molecule has 3 aromatic rings. The summed E-state index contributed by atoms with van der Waals surface area (Å²) in [6.45, 7) is 0.876. The SMILES string of the molecule is OC(COCc1ccccc1)Cn1nnc(-c2ccc(Cl)cc2)n1. The molecule has 2 aromatic carbocycles. The van der Waals surface area contributed by atoms with E-state index >= 15 is 0 Å². The fraction of sp³-hybridized carbons (Fsp3) is 0.235. The lowest BCUT2D eigenvalue weighted by Gasteiger charge is -2.10. The molecule has 0 aliphatic carbocycles. The first-order valence-corrected chi connectivity index (χ1v) is 7.92. The number of aliphatic hydroxyl groups excluding tert-OH is 1. The van der Waals surface area contributed by atoms with Crippen molar-refractivity contribution in [3.8, 4) is 11.4 Å². The molecule has 0 fully saturated rings. The van der Waals surface area contributed by atoms with E-state index in [0.717, 1.165) is 11.1 Å². The molecule has 0 spiro atoms. The monoisotopic (exact) mass is 344 g/mol. The predicted octanol–water partition coefficient (Wildman–Crippen LogP) is 2.57. The van der Waals surface area contributed by atoms with Crippen LogP contribution in [-0.4, -0.2) is 38.0 Å². The number of tetrazole rings is 1. The van der Waals surface area contributed by atoms with Gasteiger partial charge in [-0.2, -0.15) is 4.80 Å². The minimum absolute atomic E-state index is 0.201. The number of rotatable bonds is 7. The molecule has 0 aliphatic heterocycles. The van der Waals surface area contributed by atoms with E-state index in [-0.39, 0.29) is 13.2 Å². The van der Waals surface area contributed by atoms with E-state index in [9.17, 15) is 5.11 Å². The molecular weight excluding hydrogens is 328 g/mol. The fourth-order valence-electron chi connectivity index (χ4n) is 2.16. The Kier molecular flexibility index (Phi) is 5.53. The van der Waals surface area contributed by atoms with Crippen molar-refractivity contribution in [3.05, 3.63) is 65.2 Å². The molecule has 1 heterocycles. The van der Waals surface area contributed by atoms with E-state index < -0.39 is 6.10 Å². The molecule has 0 amide bonds. The highest BCUT2D eigenvalue weighted by atomic mass is 35.5. The second kappa shape index (κ2) is 8.01. The lowest BCUT2D eigenvalue weighted by atomic mass is 10.2. The normalized spacial score (nSPS) is 12.2. The first-order chi connectivity index (χ1) is 11.7. The van der Waals surface area contributed by atoms with Crippen molar-refractivity contribution in [1.29, 1.82) is 0 Å². The van der Waals surface area contributed by atoms with Crippen LogP contribution < -0.4 is 0 Å². The van der Waals surface area contributed by atoms with Gasteiger partial charge in [0.2, 0.25) is 5.82 Å². The number of aliphatic hydroxyl groups is 1. The summed E-state index contributed by atoms with van der Waals surface area (Å²) in [5.41, 5.74) is 1.88. The maximum atomic E-state index is 10.0. The summed E-state index contributed by atoms with van der Waals surface area (Å²) in [5, 5.41) is 22.9. The van der Waals surface area contributed by atoms with E-state index in [2.05, 4.69) is 15.4 Å². The molecule has 1 unspecified atom stereocenters. The molecule has 6 nitrogen and oxygen atoms in total. The van der Waals surface area contributed by atoms with Crippen molar-refractivity contribution in [2.24, 2.45) is 0 Å². The molecule has 0 bridgehead atoms. The van der Waals surface area contributed by atoms with Crippen LogP contribution in [0, 0.1) is 0 Å². The van der Waals surface area contributed by atoms with Gasteiger partial charge in [-0.05, 0) is 35.0 Å². The van der Waals surface area contributed by atoms with Crippen molar-refractivity contribution >= 4 is 11.6 Å². The molecule has 7 heteroatoms. The Bertz CT molecular complexity index is 762. The van der Waals surface area contributed by atoms with E-state index in [4.69, 9.17) is 16.3 Å². The predicted molar refractivity (Wildman–Crippen MR) is 90.4 cm³/mol. The van der Waals surface area contributed by atoms with Gasteiger partial charge in [0.1, 0.15) is 0 Å². The van der Waals surface area contributed by atoms with Gasteiger partial charge in [-0.3, -0.25) is 0 Å². The average Bonchev–Trinajstić information content (AvgIpc) is 3.05. The van der Waals surface area contributed by atoms with Crippen LogP contribution in [0.5, 0.6) is 0 Å². The van der Waals surface area contributed by atoms with Crippen LogP contribution in [0.1, 0.15) is 5.56 Å². The van der Waals surface area contributed by atoms with Crippen LogP contribution in [-0.2, 0) is 17.9 Å². The lowest BCUT2D eigenvalue weighted by molar-refractivity contribution is 0.0165. The number of benzene rings is 2. The molecule has 1 aromatic heterocycles. The molecule has 1 atom stereocenters. The molecule has 124 valence electrons. The summed E-state index contributed by atoms with van der Waals surface area (Å²) in [6, 6.07) is 17.0. The number of halogens is 1. The highest BCUT2D eigenvalue weighted by Crippen LogP contribution is 2.16. The number of ether oxygens (including phenoxy) is 1. The molecule has 0 saturated heterocycles. The Morgan fingerprint density at radius 2 is 1.83 bits per heavy atom. The third-order valence-corrected chi connectivity index (χ3v) is 3.60. The maximum Gasteiger partial charge on any atom is 0.204 e. The van der Waals surface area contributed by atoms with Gasteiger partial charge in [0.05, 0.1) is 25.9 Å². The van der Waals surface area contributed by atoms with Gasteiger partial charge in [0, 0.05) is 10.6 Å². The van der Waals surface area contributed by atoms with Gasteiger partial charge < -0.3 is 9.84 Å². The summed E-state index contributed by atoms with van der Waals surface area (Å²) in [5.74, 6) is 0.490. The highest BCUT2D eigenvalue weighted by molar-refractivity contribution is 6.30. The molecular formula is C17H17ClN4O2. The second-order valence-electron chi connectivity index (χ2n) is 5.33. The smallest absolute Gasteiger partial charge is 0.204 e. The van der Waals surface area contributed by atoms with Gasteiger partial charge in [-0.15, -0.1) is 10.2 Å². The zero-order chi connectivity index (χ0) is 16.8. The molecule has 3 rings (SSSR count). The zero-order valence-electron chi connectivity index (χ0n) is 12.9. The van der Waals surface area contributed by atoms with Crippen molar-refractivity contribution in [2.45, 2.75) is 19.3 Å². The van der Waals surface area contributed by atoms with Gasteiger partial charge in [-0.1, -0.05) is 41.9 Å². The number of hydrogen-bond acceptors (Lipinski definition) is 5. The summed E-state index contributed by atoms with van der Waals surface area (Å²) in [4.78, 5) is 1.36. The summed E-state index contributed by atoms with van der Waals surface area (Å²) < 4.78 is 5.50. The highest BCUT2D eigenvalue weighted by Gasteiger charge is 2.10. The standard InChI is InChI=1S/C17H17ClN4O2/c18-15-8-6-14(7-9-15)17-19-21-22(20-17)10-16(23)12-24-11-13-4-2-1-3-5-13/h1-9,16,23H,10-12H2. The molecule has 1 N–H and O–H groups in total. The Hall–Kier alpha value is -2.28. The third kappa shape index (κ3) is 4.61. The minimum atomic E-state index is -0.707. The fourth-order valence-corrected chi connectivity index (χ4v) is 2.29. The molecule has 24 heavy (non-hydrogen) atoms. The van der Waals surface area contributed by atoms with Crippen LogP contribution in [0.2, 0.25) is 5.02 Å². The van der Waals surface area contributed by atoms with Crippen LogP contribution in [0.25, 0.3) is 11.4 Å². The van der Waals surface area contributed by atoms with Crippen molar-refractivity contribution in [1.82, 2.24) is 20.2 Å². The van der Waals surface area contributed by atoms with Crippen LogP contribution >= 0.6 is 11.6 Å². The van der Waals surface area contributed by atoms with Gasteiger partial charge in [0.25, 0.3) is 0 Å². The van der Waals surface area contributed by atoms with Crippen molar-refractivity contribution in [2.75, 3.05) is 6.61 Å². The van der Waals surface area contributed by atoms with Gasteiger partial charge in [0.15, 0.2) is 0 Å². The number of hydrogen-bond donors (Lipinski definition) is 1. The van der Waals surface area contributed by atoms with E-state index in [0.29, 0.717) is 17.5 Å². The van der Waals surface area contributed by atoms with Crippen LogP contribution in [0.3, 0.4) is 0 Å². The Labute approximate surface area is 144 Å². The average molecular weight is 345 g/mol. The van der Waals surface area contributed by atoms with Gasteiger partial charge in [-0.25, -0.2) is 0 Å². The summed E-state index contributed by atoms with van der Waals surface area (Å²) >= 11 is 5.86. The molecule has 0 saturated carbocycles. The first kappa shape index (κ1) is 16.6.